The number of hydrogen-bond donors (Lipinski definition) is 1. The van der Waals surface area contributed by atoms with Crippen LogP contribution in [0.15, 0.2) is 30.3 Å². The fourth-order valence-corrected chi connectivity index (χ4v) is 1.64. The van der Waals surface area contributed by atoms with Crippen LogP contribution in [0.4, 0.5) is 0 Å². The summed E-state index contributed by atoms with van der Waals surface area (Å²) in [7, 11) is 0. The molecule has 1 rings (SSSR count). The van der Waals surface area contributed by atoms with E-state index in [0.717, 1.165) is 31.9 Å². The molecule has 0 aliphatic carbocycles. The van der Waals surface area contributed by atoms with Gasteiger partial charge >= 0.3 is 0 Å². The highest BCUT2D eigenvalue weighted by molar-refractivity contribution is 5.50. The molecule has 0 aromatic heterocycles. The van der Waals surface area contributed by atoms with Gasteiger partial charge < -0.3 is 10.1 Å². The molecular weight excluding hydrogens is 222 g/mol. The molecule has 0 saturated carbocycles. The van der Waals surface area contributed by atoms with Gasteiger partial charge in [0, 0.05) is 6.54 Å². The predicted octanol–water partition coefficient (Wildman–Crippen LogP) is 3.88. The SMILES string of the molecule is CCCCCOc1ccc(C=CCNCC)cc1. The van der Waals surface area contributed by atoms with E-state index in [0.29, 0.717) is 0 Å². The first-order valence-corrected chi connectivity index (χ1v) is 6.97. The van der Waals surface area contributed by atoms with Crippen LogP contribution in [-0.2, 0) is 0 Å². The van der Waals surface area contributed by atoms with Crippen molar-refractivity contribution in [3.63, 3.8) is 0 Å². The molecule has 2 nitrogen and oxygen atoms in total. The molecule has 0 heterocycles. The maximum atomic E-state index is 5.67. The first-order chi connectivity index (χ1) is 8.86. The molecule has 18 heavy (non-hydrogen) atoms. The third kappa shape index (κ3) is 6.45. The van der Waals surface area contributed by atoms with Gasteiger partial charge in [0.25, 0.3) is 0 Å². The van der Waals surface area contributed by atoms with Gasteiger partial charge in [-0.1, -0.05) is 51.0 Å². The maximum absolute atomic E-state index is 5.67. The number of ether oxygens (including phenoxy) is 1. The minimum atomic E-state index is 0.823. The Hall–Kier alpha value is -1.28. The largest absolute Gasteiger partial charge is 0.494 e. The molecule has 0 atom stereocenters. The van der Waals surface area contributed by atoms with Crippen LogP contribution in [0.1, 0.15) is 38.7 Å². The summed E-state index contributed by atoms with van der Waals surface area (Å²) in [6, 6.07) is 8.27. The van der Waals surface area contributed by atoms with Crippen LogP contribution in [0, 0.1) is 0 Å². The van der Waals surface area contributed by atoms with Crippen LogP contribution >= 0.6 is 0 Å². The molecule has 0 unspecified atom stereocenters. The first-order valence-electron chi connectivity index (χ1n) is 6.97. The van der Waals surface area contributed by atoms with Crippen molar-refractivity contribution in [3.05, 3.63) is 35.9 Å². The van der Waals surface area contributed by atoms with E-state index in [1.54, 1.807) is 0 Å². The molecule has 1 aromatic carbocycles. The molecule has 0 radical (unpaired) electrons. The van der Waals surface area contributed by atoms with Crippen molar-refractivity contribution in [2.75, 3.05) is 19.7 Å². The zero-order valence-electron chi connectivity index (χ0n) is 11.6. The normalized spacial score (nSPS) is 11.0. The lowest BCUT2D eigenvalue weighted by Gasteiger charge is -2.05. The van der Waals surface area contributed by atoms with Crippen LogP contribution < -0.4 is 10.1 Å². The summed E-state index contributed by atoms with van der Waals surface area (Å²) in [5.74, 6) is 0.968. The summed E-state index contributed by atoms with van der Waals surface area (Å²) < 4.78 is 5.67. The van der Waals surface area contributed by atoms with Crippen molar-refractivity contribution in [3.8, 4) is 5.75 Å². The Bertz CT molecular complexity index is 329. The van der Waals surface area contributed by atoms with Gasteiger partial charge in [-0.05, 0) is 30.7 Å². The Balaban J connectivity index is 2.30. The summed E-state index contributed by atoms with van der Waals surface area (Å²) in [5.41, 5.74) is 1.22. The Morgan fingerprint density at radius 1 is 1.11 bits per heavy atom. The van der Waals surface area contributed by atoms with E-state index in [1.807, 2.05) is 12.1 Å². The number of rotatable bonds is 9. The lowest BCUT2D eigenvalue weighted by Crippen LogP contribution is -2.11. The summed E-state index contributed by atoms with van der Waals surface area (Å²) in [6.07, 6.45) is 7.88. The van der Waals surface area contributed by atoms with Gasteiger partial charge in [0.05, 0.1) is 6.61 Å². The second kappa shape index (κ2) is 9.72. The fourth-order valence-electron chi connectivity index (χ4n) is 1.64. The van der Waals surface area contributed by atoms with E-state index in [1.165, 1.54) is 18.4 Å². The van der Waals surface area contributed by atoms with E-state index < -0.39 is 0 Å². The highest BCUT2D eigenvalue weighted by atomic mass is 16.5. The van der Waals surface area contributed by atoms with E-state index in [2.05, 4.69) is 43.4 Å². The van der Waals surface area contributed by atoms with Gasteiger partial charge in [0.15, 0.2) is 0 Å². The second-order valence-electron chi connectivity index (χ2n) is 4.33. The van der Waals surface area contributed by atoms with E-state index in [-0.39, 0.29) is 0 Å². The molecule has 2 heteroatoms. The molecule has 0 saturated heterocycles. The lowest BCUT2D eigenvalue weighted by atomic mass is 10.2. The summed E-state index contributed by atoms with van der Waals surface area (Å²) >= 11 is 0. The third-order valence-electron chi connectivity index (χ3n) is 2.72. The third-order valence-corrected chi connectivity index (χ3v) is 2.72. The molecule has 0 fully saturated rings. The van der Waals surface area contributed by atoms with Gasteiger partial charge in [-0.2, -0.15) is 0 Å². The lowest BCUT2D eigenvalue weighted by molar-refractivity contribution is 0.306. The first kappa shape index (κ1) is 14.8. The molecule has 0 aliphatic rings. The number of likely N-dealkylation sites (N-methyl/N-ethyl adjacent to an activating group) is 1. The van der Waals surface area contributed by atoms with E-state index in [4.69, 9.17) is 4.74 Å². The molecule has 0 spiro atoms. The number of unbranched alkanes of at least 4 members (excludes halogenated alkanes) is 2. The molecule has 0 aliphatic heterocycles. The van der Waals surface area contributed by atoms with Crippen molar-refractivity contribution in [1.82, 2.24) is 5.32 Å². The smallest absolute Gasteiger partial charge is 0.119 e. The van der Waals surface area contributed by atoms with E-state index >= 15 is 0 Å². The van der Waals surface area contributed by atoms with Crippen LogP contribution in [0.3, 0.4) is 0 Å². The average molecular weight is 247 g/mol. The molecule has 0 bridgehead atoms. The Kier molecular flexibility index (Phi) is 7.98. The Morgan fingerprint density at radius 3 is 2.56 bits per heavy atom. The monoisotopic (exact) mass is 247 g/mol. The fraction of sp³-hybridized carbons (Fsp3) is 0.500. The van der Waals surface area contributed by atoms with Gasteiger partial charge in [0.2, 0.25) is 0 Å². The number of hydrogen-bond acceptors (Lipinski definition) is 2. The van der Waals surface area contributed by atoms with Crippen molar-refractivity contribution in [1.29, 1.82) is 0 Å². The van der Waals surface area contributed by atoms with Gasteiger partial charge in [-0.3, -0.25) is 0 Å². The minimum Gasteiger partial charge on any atom is -0.494 e. The van der Waals surface area contributed by atoms with Crippen LogP contribution in [0.25, 0.3) is 6.08 Å². The predicted molar refractivity (Wildman–Crippen MR) is 79.0 cm³/mol. The maximum Gasteiger partial charge on any atom is 0.119 e. The van der Waals surface area contributed by atoms with Gasteiger partial charge in [-0.15, -0.1) is 0 Å². The van der Waals surface area contributed by atoms with Gasteiger partial charge in [0.1, 0.15) is 5.75 Å². The number of benzene rings is 1. The van der Waals surface area contributed by atoms with Crippen molar-refractivity contribution >= 4 is 6.08 Å². The van der Waals surface area contributed by atoms with Crippen molar-refractivity contribution in [2.45, 2.75) is 33.1 Å². The van der Waals surface area contributed by atoms with Crippen LogP contribution in [-0.4, -0.2) is 19.7 Å². The second-order valence-corrected chi connectivity index (χ2v) is 4.33. The summed E-state index contributed by atoms with van der Waals surface area (Å²) in [6.45, 7) is 7.07. The topological polar surface area (TPSA) is 21.3 Å². The van der Waals surface area contributed by atoms with E-state index in [9.17, 15) is 0 Å². The minimum absolute atomic E-state index is 0.823. The molecule has 1 aromatic rings. The summed E-state index contributed by atoms with van der Waals surface area (Å²) in [5, 5.41) is 3.26. The molecule has 100 valence electrons. The average Bonchev–Trinajstić information content (AvgIpc) is 2.41. The quantitative estimate of drug-likeness (QED) is 0.669. The Morgan fingerprint density at radius 2 is 1.89 bits per heavy atom. The summed E-state index contributed by atoms with van der Waals surface area (Å²) in [4.78, 5) is 0. The molecule has 1 N–H and O–H groups in total. The van der Waals surface area contributed by atoms with Crippen LogP contribution in [0.2, 0.25) is 0 Å². The van der Waals surface area contributed by atoms with Crippen molar-refractivity contribution < 1.29 is 4.74 Å². The standard InChI is InChI=1S/C16H25NO/c1-3-5-6-14-18-16-11-9-15(10-12-16)8-7-13-17-4-2/h7-12,17H,3-6,13-14H2,1-2H3. The Labute approximate surface area is 111 Å². The molecule has 0 amide bonds. The molecular formula is C16H25NO. The zero-order chi connectivity index (χ0) is 13.1. The van der Waals surface area contributed by atoms with Gasteiger partial charge in [-0.25, -0.2) is 0 Å². The van der Waals surface area contributed by atoms with Crippen molar-refractivity contribution in [2.24, 2.45) is 0 Å². The highest BCUT2D eigenvalue weighted by Crippen LogP contribution is 2.13. The zero-order valence-corrected chi connectivity index (χ0v) is 11.6. The highest BCUT2D eigenvalue weighted by Gasteiger charge is 1.93. The number of nitrogens with one attached hydrogen (secondary N) is 1. The van der Waals surface area contributed by atoms with Crippen LogP contribution in [0.5, 0.6) is 5.75 Å².